The molecule has 3 aromatic rings. The van der Waals surface area contributed by atoms with Crippen LogP contribution in [0.2, 0.25) is 0 Å². The zero-order chi connectivity index (χ0) is 25.0. The van der Waals surface area contributed by atoms with E-state index in [0.717, 1.165) is 16.7 Å². The van der Waals surface area contributed by atoms with Gasteiger partial charge in [0.25, 0.3) is 15.9 Å². The van der Waals surface area contributed by atoms with Gasteiger partial charge in [0.05, 0.1) is 10.6 Å². The van der Waals surface area contributed by atoms with Crippen LogP contribution in [0.15, 0.2) is 77.7 Å². The Hall–Kier alpha value is -3.91. The molecule has 0 radical (unpaired) electrons. The van der Waals surface area contributed by atoms with Crippen LogP contribution in [0.25, 0.3) is 6.08 Å². The highest BCUT2D eigenvalue weighted by Gasteiger charge is 2.30. The van der Waals surface area contributed by atoms with Crippen molar-refractivity contribution < 1.29 is 22.7 Å². The topological polar surface area (TPSA) is 92.8 Å². The zero-order valence-corrected chi connectivity index (χ0v) is 20.3. The minimum Gasteiger partial charge on any atom is -0.452 e. The number of amides is 1. The van der Waals surface area contributed by atoms with Crippen LogP contribution in [0.3, 0.4) is 0 Å². The molecule has 180 valence electrons. The molecule has 1 heterocycles. The number of anilines is 2. The molecule has 0 atom stereocenters. The second-order valence-electron chi connectivity index (χ2n) is 8.31. The molecule has 1 N–H and O–H groups in total. The Morgan fingerprint density at radius 3 is 2.49 bits per heavy atom. The van der Waals surface area contributed by atoms with E-state index in [2.05, 4.69) is 5.32 Å². The summed E-state index contributed by atoms with van der Waals surface area (Å²) in [6, 6.07) is 19.3. The Morgan fingerprint density at radius 1 is 1.00 bits per heavy atom. The summed E-state index contributed by atoms with van der Waals surface area (Å²) in [5, 5.41) is 2.69. The smallest absolute Gasteiger partial charge is 0.331 e. The Labute approximate surface area is 205 Å². The van der Waals surface area contributed by atoms with Gasteiger partial charge in [-0.1, -0.05) is 36.4 Å². The Balaban J connectivity index is 1.32. The van der Waals surface area contributed by atoms with Crippen LogP contribution in [-0.2, 0) is 30.8 Å². The maximum Gasteiger partial charge on any atom is 0.331 e. The predicted octanol–water partition coefficient (Wildman–Crippen LogP) is 4.25. The minimum absolute atomic E-state index is 0.178. The van der Waals surface area contributed by atoms with Crippen LogP contribution in [0.5, 0.6) is 0 Å². The number of hydrogen-bond acceptors (Lipinski definition) is 5. The first-order valence-corrected chi connectivity index (χ1v) is 12.6. The molecule has 0 spiro atoms. The summed E-state index contributed by atoms with van der Waals surface area (Å²) in [6.07, 6.45) is 3.38. The van der Waals surface area contributed by atoms with Crippen LogP contribution >= 0.6 is 0 Å². The van der Waals surface area contributed by atoms with E-state index in [-0.39, 0.29) is 4.90 Å². The molecule has 0 saturated carbocycles. The van der Waals surface area contributed by atoms with E-state index < -0.39 is 28.5 Å². The van der Waals surface area contributed by atoms with Crippen molar-refractivity contribution in [2.24, 2.45) is 0 Å². The number of nitrogens with zero attached hydrogens (tertiary/aromatic N) is 1. The number of carbonyl (C=O) groups is 2. The van der Waals surface area contributed by atoms with Crippen LogP contribution in [-0.4, -0.2) is 33.4 Å². The number of rotatable bonds is 7. The van der Waals surface area contributed by atoms with E-state index in [4.69, 9.17) is 4.74 Å². The number of aryl methyl sites for hydroxylation is 2. The number of nitrogens with one attached hydrogen (secondary N) is 1. The van der Waals surface area contributed by atoms with Gasteiger partial charge in [0.15, 0.2) is 6.61 Å². The van der Waals surface area contributed by atoms with E-state index in [1.807, 2.05) is 50.2 Å². The number of para-hydroxylation sites is 1. The standard InChI is InChI=1S/C27H26N2O5S/c1-19-7-11-23(17-20(19)2)28-26(30)18-34-27(31)14-10-21-8-12-24(13-9-21)35(32,33)29-16-15-22-5-3-4-6-25(22)29/h3-14,17H,15-16,18H2,1-2H3,(H,28,30). The summed E-state index contributed by atoms with van der Waals surface area (Å²) in [4.78, 5) is 24.2. The monoisotopic (exact) mass is 490 g/mol. The fraction of sp³-hybridized carbons (Fsp3) is 0.185. The number of benzene rings is 3. The summed E-state index contributed by atoms with van der Waals surface area (Å²) in [6.45, 7) is 3.92. The Bertz CT molecular complexity index is 1400. The van der Waals surface area contributed by atoms with Crippen molar-refractivity contribution in [1.82, 2.24) is 0 Å². The van der Waals surface area contributed by atoms with Crippen molar-refractivity contribution in [3.05, 3.63) is 95.1 Å². The predicted molar refractivity (Wildman–Crippen MR) is 136 cm³/mol. The number of carbonyl (C=O) groups excluding carboxylic acids is 2. The molecule has 3 aromatic carbocycles. The highest BCUT2D eigenvalue weighted by atomic mass is 32.2. The van der Waals surface area contributed by atoms with E-state index in [0.29, 0.717) is 29.9 Å². The molecule has 8 heteroatoms. The van der Waals surface area contributed by atoms with Crippen LogP contribution < -0.4 is 9.62 Å². The molecule has 4 rings (SSSR count). The van der Waals surface area contributed by atoms with Crippen LogP contribution in [0, 0.1) is 13.8 Å². The van der Waals surface area contributed by atoms with Crippen molar-refractivity contribution in [1.29, 1.82) is 0 Å². The fourth-order valence-corrected chi connectivity index (χ4v) is 5.30. The van der Waals surface area contributed by atoms with E-state index in [1.165, 1.54) is 28.6 Å². The summed E-state index contributed by atoms with van der Waals surface area (Å²) < 4.78 is 32.6. The van der Waals surface area contributed by atoms with Gasteiger partial charge in [-0.3, -0.25) is 9.10 Å². The van der Waals surface area contributed by atoms with E-state index in [9.17, 15) is 18.0 Å². The summed E-state index contributed by atoms with van der Waals surface area (Å²) >= 11 is 0. The molecule has 0 unspecified atom stereocenters. The lowest BCUT2D eigenvalue weighted by atomic mass is 10.1. The van der Waals surface area contributed by atoms with Crippen molar-refractivity contribution in [2.45, 2.75) is 25.2 Å². The summed E-state index contributed by atoms with van der Waals surface area (Å²) in [7, 11) is -3.68. The normalized spacial score (nSPS) is 13.0. The average molecular weight is 491 g/mol. The second-order valence-corrected chi connectivity index (χ2v) is 10.2. The SMILES string of the molecule is Cc1ccc(NC(=O)COC(=O)C=Cc2ccc(S(=O)(=O)N3CCc4ccccc43)cc2)cc1C. The lowest BCUT2D eigenvalue weighted by molar-refractivity contribution is -0.142. The van der Waals surface area contributed by atoms with Gasteiger partial charge in [0, 0.05) is 18.3 Å². The van der Waals surface area contributed by atoms with Gasteiger partial charge in [0.2, 0.25) is 0 Å². The van der Waals surface area contributed by atoms with Crippen molar-refractivity contribution in [3.8, 4) is 0 Å². The zero-order valence-electron chi connectivity index (χ0n) is 19.5. The molecule has 1 aliphatic rings. The molecule has 0 aliphatic carbocycles. The van der Waals surface area contributed by atoms with Gasteiger partial charge in [0.1, 0.15) is 0 Å². The quantitative estimate of drug-likeness (QED) is 0.395. The Kier molecular flexibility index (Phi) is 7.02. The molecule has 1 aliphatic heterocycles. The molecular formula is C27H26N2O5S. The maximum absolute atomic E-state index is 13.1. The third-order valence-electron chi connectivity index (χ3n) is 5.86. The minimum atomic E-state index is -3.68. The molecule has 7 nitrogen and oxygen atoms in total. The molecule has 35 heavy (non-hydrogen) atoms. The first-order chi connectivity index (χ1) is 16.7. The average Bonchev–Trinajstić information content (AvgIpc) is 3.29. The van der Waals surface area contributed by atoms with Gasteiger partial charge in [-0.25, -0.2) is 13.2 Å². The third kappa shape index (κ3) is 5.60. The first kappa shape index (κ1) is 24.2. The van der Waals surface area contributed by atoms with Gasteiger partial charge in [-0.05, 0) is 78.9 Å². The van der Waals surface area contributed by atoms with Gasteiger partial charge in [-0.15, -0.1) is 0 Å². The molecule has 0 saturated heterocycles. The molecule has 1 amide bonds. The third-order valence-corrected chi connectivity index (χ3v) is 7.69. The lowest BCUT2D eigenvalue weighted by Gasteiger charge is -2.19. The largest absolute Gasteiger partial charge is 0.452 e. The molecular weight excluding hydrogens is 464 g/mol. The van der Waals surface area contributed by atoms with E-state index in [1.54, 1.807) is 18.2 Å². The van der Waals surface area contributed by atoms with Crippen molar-refractivity contribution in [3.63, 3.8) is 0 Å². The van der Waals surface area contributed by atoms with Crippen LogP contribution in [0.1, 0.15) is 22.3 Å². The number of sulfonamides is 1. The van der Waals surface area contributed by atoms with E-state index >= 15 is 0 Å². The number of esters is 1. The molecule has 0 fully saturated rings. The summed E-state index contributed by atoms with van der Waals surface area (Å²) in [5.74, 6) is -1.11. The van der Waals surface area contributed by atoms with Gasteiger partial charge < -0.3 is 10.1 Å². The fourth-order valence-electron chi connectivity index (χ4n) is 3.80. The highest BCUT2D eigenvalue weighted by Crippen LogP contribution is 2.32. The number of ether oxygens (including phenoxy) is 1. The van der Waals surface area contributed by atoms with Gasteiger partial charge >= 0.3 is 5.97 Å². The van der Waals surface area contributed by atoms with Crippen molar-refractivity contribution in [2.75, 3.05) is 22.8 Å². The lowest BCUT2D eigenvalue weighted by Crippen LogP contribution is -2.29. The highest BCUT2D eigenvalue weighted by molar-refractivity contribution is 7.92. The van der Waals surface area contributed by atoms with Gasteiger partial charge in [-0.2, -0.15) is 0 Å². The molecule has 0 aromatic heterocycles. The second kappa shape index (κ2) is 10.1. The van der Waals surface area contributed by atoms with Crippen molar-refractivity contribution >= 4 is 39.4 Å². The summed E-state index contributed by atoms with van der Waals surface area (Å²) in [5.41, 5.74) is 5.15. The number of fused-ring (bicyclic) bond motifs is 1. The number of hydrogen-bond donors (Lipinski definition) is 1. The molecule has 0 bridgehead atoms. The Morgan fingerprint density at radius 2 is 1.74 bits per heavy atom. The van der Waals surface area contributed by atoms with Crippen LogP contribution in [0.4, 0.5) is 11.4 Å². The maximum atomic E-state index is 13.1. The first-order valence-electron chi connectivity index (χ1n) is 11.2.